The van der Waals surface area contributed by atoms with E-state index in [1.165, 1.54) is 12.1 Å². The number of aryl methyl sites for hydroxylation is 2. The molecule has 1 fully saturated rings. The third-order valence-electron chi connectivity index (χ3n) is 9.48. The lowest BCUT2D eigenvalue weighted by Gasteiger charge is -2.35. The van der Waals surface area contributed by atoms with Gasteiger partial charge >= 0.3 is 0 Å². The summed E-state index contributed by atoms with van der Waals surface area (Å²) < 4.78 is 41.9. The smallest absolute Gasteiger partial charge is 0.264 e. The fourth-order valence-corrected chi connectivity index (χ4v) is 8.14. The van der Waals surface area contributed by atoms with Crippen LogP contribution in [0, 0.1) is 19.3 Å². The monoisotopic (exact) mass is 713 g/mol. The van der Waals surface area contributed by atoms with E-state index in [1.807, 2.05) is 44.4 Å². The molecule has 51 heavy (non-hydrogen) atoms. The van der Waals surface area contributed by atoms with E-state index in [1.54, 1.807) is 30.2 Å². The molecular weight excluding hydrogens is 667 g/mol. The van der Waals surface area contributed by atoms with Gasteiger partial charge in [0.05, 0.1) is 53.9 Å². The highest BCUT2D eigenvalue weighted by Gasteiger charge is 2.34. The number of nitrogens with zero attached hydrogens (tertiary/aromatic N) is 6. The lowest BCUT2D eigenvalue weighted by Crippen LogP contribution is -2.45. The van der Waals surface area contributed by atoms with E-state index < -0.39 is 16.1 Å². The molecule has 12 nitrogen and oxygen atoms in total. The van der Waals surface area contributed by atoms with Crippen LogP contribution in [0.15, 0.2) is 65.8 Å². The number of methoxy groups -OCH3 is 1. The van der Waals surface area contributed by atoms with Crippen molar-refractivity contribution in [3.8, 4) is 17.1 Å². The quantitative estimate of drug-likeness (QED) is 0.236. The molecule has 2 aromatic heterocycles. The predicted octanol–water partition coefficient (Wildman–Crippen LogP) is 6.19. The largest absolute Gasteiger partial charge is 0.475 e. The number of sulfonamides is 1. The molecule has 1 saturated heterocycles. The average Bonchev–Trinajstić information content (AvgIpc) is 3.44. The first-order chi connectivity index (χ1) is 24.2. The lowest BCUT2D eigenvalue weighted by molar-refractivity contribution is 0.0505. The van der Waals surface area contributed by atoms with Gasteiger partial charge in [0.2, 0.25) is 11.8 Å². The first-order valence-electron chi connectivity index (χ1n) is 17.3. The molecule has 1 amide bonds. The van der Waals surface area contributed by atoms with Crippen molar-refractivity contribution in [1.29, 1.82) is 0 Å². The molecule has 3 atom stereocenters. The summed E-state index contributed by atoms with van der Waals surface area (Å²) in [6.45, 7) is 13.2. The SMILES string of the molecule is COC[C@H]1CC[C@@H](C)N1c1cnc(CN2C(=O)c3cccc(c3)S(=O)(=O)Nc3nc(cc(-c4c(C)cccc4C)n3)OC[C@H]2CC(C)(C)C)nc1. The van der Waals surface area contributed by atoms with Crippen LogP contribution in [0.1, 0.15) is 74.3 Å². The van der Waals surface area contributed by atoms with Gasteiger partial charge in [0.15, 0.2) is 0 Å². The first-order valence-corrected chi connectivity index (χ1v) is 18.8. The van der Waals surface area contributed by atoms with Crippen LogP contribution < -0.4 is 14.4 Å². The number of rotatable bonds is 7. The number of benzene rings is 2. The van der Waals surface area contributed by atoms with Crippen molar-refractivity contribution in [2.45, 2.75) is 90.4 Å². The number of carbonyl (C=O) groups excluding carboxylic acids is 1. The van der Waals surface area contributed by atoms with Gasteiger partial charge in [-0.05, 0) is 74.8 Å². The van der Waals surface area contributed by atoms with E-state index >= 15 is 0 Å². The number of fused-ring (bicyclic) bond motifs is 4. The van der Waals surface area contributed by atoms with Gasteiger partial charge in [-0.1, -0.05) is 45.0 Å². The molecule has 2 aliphatic rings. The highest BCUT2D eigenvalue weighted by molar-refractivity contribution is 7.92. The molecule has 6 rings (SSSR count). The standard InChI is InChI=1S/C38H47N7O5S/c1-24-10-8-11-25(2)35(24)32-17-34-42-37(41-32)43-51(47,48)31-13-9-12-27(16-31)36(46)44(29(23-50-34)18-38(4,5)6)21-33-39-19-30(20-40-33)45-26(3)14-15-28(45)22-49-7/h8-13,16-17,19-20,26,28-29H,14-15,18,21-23H2,1-7H3,(H,41,42,43)/t26-,28-,29-/m1/s1. The molecule has 1 N–H and O–H groups in total. The predicted molar refractivity (Wildman–Crippen MR) is 196 cm³/mol. The van der Waals surface area contributed by atoms with E-state index in [2.05, 4.69) is 47.3 Å². The van der Waals surface area contributed by atoms with Crippen molar-refractivity contribution in [3.63, 3.8) is 0 Å². The topological polar surface area (TPSA) is 140 Å². The maximum Gasteiger partial charge on any atom is 0.264 e. The zero-order valence-electron chi connectivity index (χ0n) is 30.4. The Morgan fingerprint density at radius 3 is 2.37 bits per heavy atom. The molecule has 4 heterocycles. The van der Waals surface area contributed by atoms with Crippen molar-refractivity contribution in [2.75, 3.05) is 29.9 Å². The number of ether oxygens (including phenoxy) is 2. The molecule has 13 heteroatoms. The van der Waals surface area contributed by atoms with E-state index in [0.29, 0.717) is 30.6 Å². The van der Waals surface area contributed by atoms with Gasteiger partial charge < -0.3 is 19.3 Å². The van der Waals surface area contributed by atoms with Crippen molar-refractivity contribution in [3.05, 3.63) is 83.4 Å². The zero-order valence-corrected chi connectivity index (χ0v) is 31.2. The van der Waals surface area contributed by atoms with Crippen LogP contribution in [0.3, 0.4) is 0 Å². The van der Waals surface area contributed by atoms with Gasteiger partial charge in [0.1, 0.15) is 12.4 Å². The van der Waals surface area contributed by atoms with Crippen LogP contribution >= 0.6 is 0 Å². The Morgan fingerprint density at radius 2 is 1.69 bits per heavy atom. The minimum Gasteiger partial charge on any atom is -0.475 e. The Labute approximate surface area is 300 Å². The van der Waals surface area contributed by atoms with Gasteiger partial charge in [-0.3, -0.25) is 4.79 Å². The second-order valence-electron chi connectivity index (χ2n) is 14.8. The van der Waals surface area contributed by atoms with Crippen LogP contribution in [0.25, 0.3) is 11.3 Å². The van der Waals surface area contributed by atoms with Crippen LogP contribution in [-0.4, -0.2) is 77.6 Å². The second kappa shape index (κ2) is 14.5. The average molecular weight is 714 g/mol. The Hall–Kier alpha value is -4.62. The van der Waals surface area contributed by atoms with Gasteiger partial charge in [0, 0.05) is 30.3 Å². The summed E-state index contributed by atoms with van der Waals surface area (Å²) in [7, 11) is -2.47. The molecule has 0 aliphatic carbocycles. The van der Waals surface area contributed by atoms with Crippen LogP contribution in [0.5, 0.6) is 5.88 Å². The molecule has 4 aromatic rings. The van der Waals surface area contributed by atoms with E-state index in [9.17, 15) is 13.2 Å². The molecular formula is C38H47N7O5S. The van der Waals surface area contributed by atoms with Crippen molar-refractivity contribution in [2.24, 2.45) is 5.41 Å². The van der Waals surface area contributed by atoms with Gasteiger partial charge in [-0.15, -0.1) is 0 Å². The summed E-state index contributed by atoms with van der Waals surface area (Å²) in [5.74, 6) is 0.152. The second-order valence-corrected chi connectivity index (χ2v) is 16.5. The minimum absolute atomic E-state index is 0.0815. The van der Waals surface area contributed by atoms with E-state index in [4.69, 9.17) is 19.4 Å². The number of aromatic nitrogens is 4. The molecule has 2 aromatic carbocycles. The normalized spacial score (nSPS) is 20.5. The molecule has 270 valence electrons. The number of anilines is 2. The Morgan fingerprint density at radius 1 is 0.980 bits per heavy atom. The summed E-state index contributed by atoms with van der Waals surface area (Å²) in [4.78, 5) is 37.0. The molecule has 0 radical (unpaired) electrons. The molecule has 2 aliphatic heterocycles. The number of hydrogen-bond acceptors (Lipinski definition) is 10. The van der Waals surface area contributed by atoms with Gasteiger partial charge in [-0.25, -0.2) is 28.1 Å². The summed E-state index contributed by atoms with van der Waals surface area (Å²) in [6.07, 6.45) is 6.26. The molecule has 0 unspecified atom stereocenters. The Balaban J connectivity index is 1.42. The third kappa shape index (κ3) is 8.15. The summed E-state index contributed by atoms with van der Waals surface area (Å²) in [5.41, 5.74) is 4.23. The number of carbonyl (C=O) groups is 1. The van der Waals surface area contributed by atoms with Crippen LogP contribution in [0.2, 0.25) is 0 Å². The summed E-state index contributed by atoms with van der Waals surface area (Å²) in [6, 6.07) is 13.7. The Bertz CT molecular complexity index is 1980. The fraction of sp³-hybridized carbons (Fsp3) is 0.447. The first kappa shape index (κ1) is 36.2. The number of nitrogens with one attached hydrogen (secondary N) is 1. The molecule has 0 saturated carbocycles. The van der Waals surface area contributed by atoms with Crippen molar-refractivity contribution in [1.82, 2.24) is 24.8 Å². The summed E-state index contributed by atoms with van der Waals surface area (Å²) in [5, 5.41) is 0. The van der Waals surface area contributed by atoms with Crippen LogP contribution in [-0.2, 0) is 21.3 Å². The summed E-state index contributed by atoms with van der Waals surface area (Å²) >= 11 is 0. The van der Waals surface area contributed by atoms with Crippen molar-refractivity contribution >= 4 is 27.6 Å². The third-order valence-corrected chi connectivity index (χ3v) is 10.8. The lowest BCUT2D eigenvalue weighted by atomic mass is 9.87. The Kier molecular flexibility index (Phi) is 10.3. The maximum atomic E-state index is 14.5. The molecule has 4 bridgehead atoms. The van der Waals surface area contributed by atoms with Crippen LogP contribution in [0.4, 0.5) is 11.6 Å². The number of hydrogen-bond donors (Lipinski definition) is 1. The van der Waals surface area contributed by atoms with Gasteiger partial charge in [-0.2, -0.15) is 4.98 Å². The van der Waals surface area contributed by atoms with E-state index in [-0.39, 0.29) is 52.8 Å². The molecule has 0 spiro atoms. The zero-order chi connectivity index (χ0) is 36.5. The minimum atomic E-state index is -4.19. The highest BCUT2D eigenvalue weighted by atomic mass is 32.2. The number of amides is 1. The van der Waals surface area contributed by atoms with E-state index in [0.717, 1.165) is 35.2 Å². The van der Waals surface area contributed by atoms with Gasteiger partial charge in [0.25, 0.3) is 15.9 Å². The highest BCUT2D eigenvalue weighted by Crippen LogP contribution is 2.33. The maximum absolute atomic E-state index is 14.5. The fourth-order valence-electron chi connectivity index (χ4n) is 7.15. The van der Waals surface area contributed by atoms with Crippen molar-refractivity contribution < 1.29 is 22.7 Å².